The van der Waals surface area contributed by atoms with Crippen molar-refractivity contribution in [1.29, 1.82) is 0 Å². The molecule has 3 heteroatoms. The van der Waals surface area contributed by atoms with E-state index < -0.39 is 5.97 Å². The van der Waals surface area contributed by atoms with E-state index in [1.165, 1.54) is 0 Å². The third-order valence-electron chi connectivity index (χ3n) is 1.95. The van der Waals surface area contributed by atoms with E-state index in [-0.39, 0.29) is 6.42 Å². The van der Waals surface area contributed by atoms with E-state index in [1.807, 2.05) is 6.08 Å². The molecule has 0 radical (unpaired) electrons. The Kier molecular flexibility index (Phi) is 3.80. The number of allylic oxidation sites excluding steroid dienone is 1. The highest BCUT2D eigenvalue weighted by molar-refractivity contribution is 5.68. The molecule has 0 aromatic rings. The van der Waals surface area contributed by atoms with Crippen molar-refractivity contribution in [2.45, 2.75) is 19.3 Å². The standard InChI is InChI=1S/C9H14O3/c10-9(11)4-2-1-3-8-5-6-12-7-8/h1-2,8H,3-7H2,(H,10,11)/b2-1-. The Labute approximate surface area is 72.0 Å². The number of hydrogen-bond acceptors (Lipinski definition) is 2. The van der Waals surface area contributed by atoms with Crippen molar-refractivity contribution in [3.05, 3.63) is 12.2 Å². The van der Waals surface area contributed by atoms with Crippen molar-refractivity contribution in [2.24, 2.45) is 5.92 Å². The molecule has 1 saturated heterocycles. The minimum atomic E-state index is -0.770. The molecular weight excluding hydrogens is 156 g/mol. The maximum absolute atomic E-state index is 10.1. The molecule has 1 N–H and O–H groups in total. The molecule has 0 bridgehead atoms. The van der Waals surface area contributed by atoms with Gasteiger partial charge in [0, 0.05) is 13.2 Å². The van der Waals surface area contributed by atoms with Crippen LogP contribution in [0.1, 0.15) is 19.3 Å². The maximum atomic E-state index is 10.1. The molecule has 1 heterocycles. The van der Waals surface area contributed by atoms with Gasteiger partial charge in [-0.1, -0.05) is 12.2 Å². The van der Waals surface area contributed by atoms with Gasteiger partial charge in [-0.05, 0) is 18.8 Å². The molecule has 1 fully saturated rings. The summed E-state index contributed by atoms with van der Waals surface area (Å²) in [5.41, 5.74) is 0. The minimum Gasteiger partial charge on any atom is -0.481 e. The van der Waals surface area contributed by atoms with Crippen LogP contribution in [0.25, 0.3) is 0 Å². The summed E-state index contributed by atoms with van der Waals surface area (Å²) in [5.74, 6) is -0.163. The molecule has 0 aromatic heterocycles. The lowest BCUT2D eigenvalue weighted by Gasteiger charge is -2.00. The average Bonchev–Trinajstić information content (AvgIpc) is 2.49. The molecule has 1 rings (SSSR count). The third-order valence-corrected chi connectivity index (χ3v) is 1.95. The van der Waals surface area contributed by atoms with Crippen molar-refractivity contribution in [3.63, 3.8) is 0 Å². The van der Waals surface area contributed by atoms with E-state index in [1.54, 1.807) is 6.08 Å². The Morgan fingerprint density at radius 1 is 1.58 bits per heavy atom. The Balaban J connectivity index is 2.07. The molecule has 12 heavy (non-hydrogen) atoms. The van der Waals surface area contributed by atoms with Crippen LogP contribution in [0.2, 0.25) is 0 Å². The number of rotatable bonds is 4. The van der Waals surface area contributed by atoms with Gasteiger partial charge >= 0.3 is 5.97 Å². The van der Waals surface area contributed by atoms with Crippen LogP contribution in [-0.2, 0) is 9.53 Å². The highest BCUT2D eigenvalue weighted by Gasteiger charge is 2.13. The molecule has 0 amide bonds. The van der Waals surface area contributed by atoms with Gasteiger partial charge in [-0.25, -0.2) is 0 Å². The smallest absolute Gasteiger partial charge is 0.307 e. The number of hydrogen-bond donors (Lipinski definition) is 1. The van der Waals surface area contributed by atoms with E-state index in [0.29, 0.717) is 5.92 Å². The lowest BCUT2D eigenvalue weighted by Crippen LogP contribution is -1.96. The second-order valence-electron chi connectivity index (χ2n) is 3.03. The second-order valence-corrected chi connectivity index (χ2v) is 3.03. The van der Waals surface area contributed by atoms with Crippen LogP contribution in [-0.4, -0.2) is 24.3 Å². The lowest BCUT2D eigenvalue weighted by atomic mass is 10.1. The summed E-state index contributed by atoms with van der Waals surface area (Å²) in [5, 5.41) is 8.33. The van der Waals surface area contributed by atoms with Crippen molar-refractivity contribution in [3.8, 4) is 0 Å². The first-order valence-corrected chi connectivity index (χ1v) is 4.23. The van der Waals surface area contributed by atoms with E-state index >= 15 is 0 Å². The third kappa shape index (κ3) is 3.53. The Hall–Kier alpha value is -0.830. The van der Waals surface area contributed by atoms with Crippen LogP contribution in [0.15, 0.2) is 12.2 Å². The number of ether oxygens (including phenoxy) is 1. The zero-order valence-electron chi connectivity index (χ0n) is 7.03. The van der Waals surface area contributed by atoms with E-state index in [0.717, 1.165) is 26.1 Å². The molecule has 0 aromatic carbocycles. The molecule has 0 saturated carbocycles. The predicted octanol–water partition coefficient (Wildman–Crippen LogP) is 1.44. The summed E-state index contributed by atoms with van der Waals surface area (Å²) in [6.45, 7) is 1.69. The number of carboxylic acids is 1. The van der Waals surface area contributed by atoms with Crippen molar-refractivity contribution in [2.75, 3.05) is 13.2 Å². The van der Waals surface area contributed by atoms with Gasteiger partial charge in [-0.2, -0.15) is 0 Å². The van der Waals surface area contributed by atoms with Crippen LogP contribution in [0.5, 0.6) is 0 Å². The highest BCUT2D eigenvalue weighted by atomic mass is 16.5. The zero-order valence-corrected chi connectivity index (χ0v) is 7.03. The van der Waals surface area contributed by atoms with E-state index in [9.17, 15) is 4.79 Å². The van der Waals surface area contributed by atoms with Gasteiger partial charge in [0.1, 0.15) is 0 Å². The molecule has 1 aliphatic rings. The van der Waals surface area contributed by atoms with Gasteiger partial charge < -0.3 is 9.84 Å². The minimum absolute atomic E-state index is 0.133. The number of carbonyl (C=O) groups is 1. The summed E-state index contributed by atoms with van der Waals surface area (Å²) in [6.07, 6.45) is 5.84. The quantitative estimate of drug-likeness (QED) is 0.649. The summed E-state index contributed by atoms with van der Waals surface area (Å²) in [4.78, 5) is 10.1. The van der Waals surface area contributed by atoms with Gasteiger partial charge in [-0.15, -0.1) is 0 Å². The fourth-order valence-electron chi connectivity index (χ4n) is 1.24. The topological polar surface area (TPSA) is 46.5 Å². The first-order valence-electron chi connectivity index (χ1n) is 4.23. The summed E-state index contributed by atoms with van der Waals surface area (Å²) in [6, 6.07) is 0. The van der Waals surface area contributed by atoms with Gasteiger partial charge in [0.25, 0.3) is 0 Å². The summed E-state index contributed by atoms with van der Waals surface area (Å²) in [7, 11) is 0. The summed E-state index contributed by atoms with van der Waals surface area (Å²) >= 11 is 0. The molecule has 3 nitrogen and oxygen atoms in total. The van der Waals surface area contributed by atoms with E-state index in [2.05, 4.69) is 0 Å². The fraction of sp³-hybridized carbons (Fsp3) is 0.667. The molecule has 0 aliphatic carbocycles. The zero-order chi connectivity index (χ0) is 8.81. The molecular formula is C9H14O3. The highest BCUT2D eigenvalue weighted by Crippen LogP contribution is 2.16. The Morgan fingerprint density at radius 3 is 3.00 bits per heavy atom. The maximum Gasteiger partial charge on any atom is 0.307 e. The van der Waals surface area contributed by atoms with Crippen LogP contribution in [0.3, 0.4) is 0 Å². The molecule has 68 valence electrons. The van der Waals surface area contributed by atoms with Gasteiger partial charge in [0.15, 0.2) is 0 Å². The first-order chi connectivity index (χ1) is 5.79. The van der Waals surface area contributed by atoms with Crippen molar-refractivity contribution < 1.29 is 14.6 Å². The van der Waals surface area contributed by atoms with Crippen LogP contribution in [0.4, 0.5) is 0 Å². The Morgan fingerprint density at radius 2 is 2.42 bits per heavy atom. The molecule has 0 spiro atoms. The first kappa shape index (κ1) is 9.26. The van der Waals surface area contributed by atoms with E-state index in [4.69, 9.17) is 9.84 Å². The molecule has 1 unspecified atom stereocenters. The number of carboxylic acid groups (broad SMARTS) is 1. The second kappa shape index (κ2) is 4.93. The normalized spacial score (nSPS) is 23.5. The van der Waals surface area contributed by atoms with Crippen molar-refractivity contribution >= 4 is 5.97 Å². The van der Waals surface area contributed by atoms with Crippen molar-refractivity contribution in [1.82, 2.24) is 0 Å². The number of aliphatic carboxylic acids is 1. The molecule has 1 aliphatic heterocycles. The van der Waals surface area contributed by atoms with Crippen LogP contribution < -0.4 is 0 Å². The average molecular weight is 170 g/mol. The molecule has 1 atom stereocenters. The predicted molar refractivity (Wildman–Crippen MR) is 44.9 cm³/mol. The summed E-state index contributed by atoms with van der Waals surface area (Å²) < 4.78 is 5.19. The van der Waals surface area contributed by atoms with Gasteiger partial charge in [-0.3, -0.25) is 4.79 Å². The largest absolute Gasteiger partial charge is 0.481 e. The monoisotopic (exact) mass is 170 g/mol. The van der Waals surface area contributed by atoms with Crippen LogP contribution >= 0.6 is 0 Å². The fourth-order valence-corrected chi connectivity index (χ4v) is 1.24. The lowest BCUT2D eigenvalue weighted by molar-refractivity contribution is -0.136. The SMILES string of the molecule is O=C(O)C/C=C\CC1CCOC1. The van der Waals surface area contributed by atoms with Crippen LogP contribution in [0, 0.1) is 5.92 Å². The van der Waals surface area contributed by atoms with Gasteiger partial charge in [0.2, 0.25) is 0 Å². The van der Waals surface area contributed by atoms with Gasteiger partial charge in [0.05, 0.1) is 6.42 Å². The Bertz CT molecular complexity index is 169.